The van der Waals surface area contributed by atoms with Gasteiger partial charge < -0.3 is 15.3 Å². The zero-order valence-corrected chi connectivity index (χ0v) is 17.5. The highest BCUT2D eigenvalue weighted by atomic mass is 19.1. The Morgan fingerprint density at radius 2 is 2.10 bits per heavy atom. The standard InChI is InChI=1S/C23H33FO5/c1-4-5-19(27)23(24)18(7-6-16-11-17(26)8-9-21(16,23)3)15-10-14(2)22(29,12-15)20(28)13-25/h8-9,11,14-15,18-19,25,27,29H,4-7,10,12-13H2,1-3H3/t14-,15-,18+,19+,21+,22+,23+/m1/s1. The molecule has 5 nitrogen and oxygen atoms in total. The number of aliphatic hydroxyl groups excluding tert-OH is 2. The predicted octanol–water partition coefficient (Wildman–Crippen LogP) is 2.68. The maximum absolute atomic E-state index is 17.1. The first-order valence-electron chi connectivity index (χ1n) is 10.7. The van der Waals surface area contributed by atoms with E-state index in [1.165, 1.54) is 12.2 Å². The molecule has 29 heavy (non-hydrogen) atoms. The van der Waals surface area contributed by atoms with Crippen molar-refractivity contribution in [2.24, 2.45) is 23.2 Å². The summed E-state index contributed by atoms with van der Waals surface area (Å²) in [6, 6.07) is 0. The van der Waals surface area contributed by atoms with E-state index < -0.39 is 47.0 Å². The van der Waals surface area contributed by atoms with E-state index >= 15 is 4.39 Å². The van der Waals surface area contributed by atoms with Crippen molar-refractivity contribution in [3.05, 3.63) is 23.8 Å². The molecule has 0 bridgehead atoms. The van der Waals surface area contributed by atoms with Crippen LogP contribution in [0.25, 0.3) is 0 Å². The van der Waals surface area contributed by atoms with Crippen molar-refractivity contribution in [1.82, 2.24) is 0 Å². The summed E-state index contributed by atoms with van der Waals surface area (Å²) in [4.78, 5) is 24.1. The number of fused-ring (bicyclic) bond motifs is 1. The lowest BCUT2D eigenvalue weighted by Gasteiger charge is -2.55. The molecule has 0 aromatic heterocycles. The SMILES string of the molecule is CCC[C@H](O)[C@@]1(F)[C@H]([C@@H]2C[C@@H](C)[C@](O)(C(=O)CO)C2)CCC2=CC(=O)C=C[C@@]21C. The van der Waals surface area contributed by atoms with Gasteiger partial charge in [0.1, 0.15) is 12.2 Å². The molecule has 0 radical (unpaired) electrons. The zero-order chi connectivity index (χ0) is 21.6. The van der Waals surface area contributed by atoms with Crippen LogP contribution in [0.3, 0.4) is 0 Å². The van der Waals surface area contributed by atoms with Crippen molar-refractivity contribution in [2.45, 2.75) is 76.7 Å². The molecule has 6 heteroatoms. The Bertz CT molecular complexity index is 746. The summed E-state index contributed by atoms with van der Waals surface area (Å²) in [6.07, 6.45) is 5.68. The Morgan fingerprint density at radius 3 is 2.72 bits per heavy atom. The van der Waals surface area contributed by atoms with E-state index in [4.69, 9.17) is 0 Å². The molecule has 3 aliphatic rings. The Morgan fingerprint density at radius 1 is 1.41 bits per heavy atom. The first kappa shape index (κ1) is 22.3. The Labute approximate surface area is 171 Å². The van der Waals surface area contributed by atoms with E-state index in [2.05, 4.69) is 0 Å². The third-order valence-corrected chi connectivity index (χ3v) is 7.91. The Balaban J connectivity index is 2.02. The largest absolute Gasteiger partial charge is 0.390 e. The van der Waals surface area contributed by atoms with Gasteiger partial charge in [0.2, 0.25) is 0 Å². The molecule has 0 spiro atoms. The highest BCUT2D eigenvalue weighted by molar-refractivity contribution is 6.01. The molecule has 0 heterocycles. The van der Waals surface area contributed by atoms with E-state index in [-0.39, 0.29) is 18.1 Å². The van der Waals surface area contributed by atoms with Crippen LogP contribution in [0, 0.1) is 23.2 Å². The van der Waals surface area contributed by atoms with Gasteiger partial charge in [0.25, 0.3) is 0 Å². The molecule has 0 aliphatic heterocycles. The van der Waals surface area contributed by atoms with Crippen LogP contribution in [-0.4, -0.2) is 50.9 Å². The number of ketones is 2. The minimum Gasteiger partial charge on any atom is -0.390 e. The van der Waals surface area contributed by atoms with Gasteiger partial charge in [0, 0.05) is 5.41 Å². The number of rotatable bonds is 6. The first-order chi connectivity index (χ1) is 13.5. The number of alkyl halides is 1. The molecule has 3 N–H and O–H groups in total. The second kappa shape index (κ2) is 7.71. The summed E-state index contributed by atoms with van der Waals surface area (Å²) in [5, 5.41) is 31.2. The minimum atomic E-state index is -2.01. The summed E-state index contributed by atoms with van der Waals surface area (Å²) in [5.74, 6) is -2.05. The summed E-state index contributed by atoms with van der Waals surface area (Å²) < 4.78 is 17.1. The molecule has 7 atom stereocenters. The number of allylic oxidation sites excluding steroid dienone is 4. The summed E-state index contributed by atoms with van der Waals surface area (Å²) in [7, 11) is 0. The van der Waals surface area contributed by atoms with Crippen LogP contribution >= 0.6 is 0 Å². The molecule has 0 amide bonds. The van der Waals surface area contributed by atoms with Crippen molar-refractivity contribution in [3.8, 4) is 0 Å². The Hall–Kier alpha value is -1.37. The van der Waals surface area contributed by atoms with E-state index in [0.29, 0.717) is 37.7 Å². The summed E-state index contributed by atoms with van der Waals surface area (Å²) in [5.41, 5.74) is -4.08. The lowest BCUT2D eigenvalue weighted by Crippen LogP contribution is -2.61. The predicted molar refractivity (Wildman–Crippen MR) is 107 cm³/mol. The maximum atomic E-state index is 17.1. The van der Waals surface area contributed by atoms with Crippen LogP contribution < -0.4 is 0 Å². The molecule has 0 unspecified atom stereocenters. The number of hydrogen-bond acceptors (Lipinski definition) is 5. The minimum absolute atomic E-state index is 0.0838. The van der Waals surface area contributed by atoms with Gasteiger partial charge in [0.05, 0.1) is 6.10 Å². The van der Waals surface area contributed by atoms with Gasteiger partial charge in [-0.3, -0.25) is 9.59 Å². The molecule has 0 aromatic carbocycles. The number of halogens is 1. The van der Waals surface area contributed by atoms with Gasteiger partial charge in [-0.2, -0.15) is 0 Å². The number of carbonyl (C=O) groups excluding carboxylic acids is 2. The van der Waals surface area contributed by atoms with Gasteiger partial charge in [-0.1, -0.05) is 31.9 Å². The van der Waals surface area contributed by atoms with E-state index in [0.717, 1.165) is 0 Å². The van der Waals surface area contributed by atoms with Crippen molar-refractivity contribution >= 4 is 11.6 Å². The average Bonchev–Trinajstić information content (AvgIpc) is 2.98. The van der Waals surface area contributed by atoms with Gasteiger partial charge in [-0.15, -0.1) is 0 Å². The number of aliphatic hydroxyl groups is 3. The van der Waals surface area contributed by atoms with Crippen LogP contribution in [0.2, 0.25) is 0 Å². The second-order valence-corrected chi connectivity index (χ2v) is 9.43. The van der Waals surface area contributed by atoms with E-state index in [1.54, 1.807) is 19.9 Å². The first-order valence-corrected chi connectivity index (χ1v) is 10.7. The lowest BCUT2D eigenvalue weighted by atomic mass is 9.52. The fraction of sp³-hybridized carbons (Fsp3) is 0.739. The number of carbonyl (C=O) groups is 2. The molecule has 0 aromatic rings. The van der Waals surface area contributed by atoms with Gasteiger partial charge >= 0.3 is 0 Å². The molecule has 3 rings (SSSR count). The fourth-order valence-electron chi connectivity index (χ4n) is 6.16. The second-order valence-electron chi connectivity index (χ2n) is 9.43. The van der Waals surface area contributed by atoms with Crippen molar-refractivity contribution in [2.75, 3.05) is 6.61 Å². The van der Waals surface area contributed by atoms with Crippen LogP contribution in [-0.2, 0) is 9.59 Å². The third kappa shape index (κ3) is 3.24. The number of hydrogen-bond donors (Lipinski definition) is 3. The molecule has 3 aliphatic carbocycles. The summed E-state index contributed by atoms with van der Waals surface area (Å²) >= 11 is 0. The van der Waals surface area contributed by atoms with Gasteiger partial charge in [-0.05, 0) is 68.9 Å². The molecular formula is C23H33FO5. The van der Waals surface area contributed by atoms with Gasteiger partial charge in [0.15, 0.2) is 17.2 Å². The smallest absolute Gasteiger partial charge is 0.189 e. The van der Waals surface area contributed by atoms with Crippen LogP contribution in [0.4, 0.5) is 4.39 Å². The number of Topliss-reactive ketones (excluding diaryl/α,β-unsaturated/α-hetero) is 1. The normalized spacial score (nSPS) is 43.1. The van der Waals surface area contributed by atoms with Crippen LogP contribution in [0.15, 0.2) is 23.8 Å². The Kier molecular flexibility index (Phi) is 5.93. The highest BCUT2D eigenvalue weighted by Gasteiger charge is 2.64. The summed E-state index contributed by atoms with van der Waals surface area (Å²) in [6.45, 7) is 4.65. The van der Waals surface area contributed by atoms with Gasteiger partial charge in [-0.25, -0.2) is 4.39 Å². The van der Waals surface area contributed by atoms with Crippen molar-refractivity contribution < 1.29 is 29.3 Å². The molecule has 2 saturated carbocycles. The molecule has 2 fully saturated rings. The topological polar surface area (TPSA) is 94.8 Å². The molecule has 0 saturated heterocycles. The van der Waals surface area contributed by atoms with E-state index in [1.807, 2.05) is 6.92 Å². The third-order valence-electron chi connectivity index (χ3n) is 7.91. The van der Waals surface area contributed by atoms with Crippen LogP contribution in [0.5, 0.6) is 0 Å². The van der Waals surface area contributed by atoms with E-state index in [9.17, 15) is 24.9 Å². The maximum Gasteiger partial charge on any atom is 0.189 e. The average molecular weight is 409 g/mol. The zero-order valence-electron chi connectivity index (χ0n) is 17.5. The molecular weight excluding hydrogens is 375 g/mol. The van der Waals surface area contributed by atoms with Crippen LogP contribution in [0.1, 0.15) is 59.3 Å². The molecule has 162 valence electrons. The quantitative estimate of drug-likeness (QED) is 0.628. The van der Waals surface area contributed by atoms with Crippen molar-refractivity contribution in [3.63, 3.8) is 0 Å². The lowest BCUT2D eigenvalue weighted by molar-refractivity contribution is -0.147. The fourth-order valence-corrected chi connectivity index (χ4v) is 6.16. The highest BCUT2D eigenvalue weighted by Crippen LogP contribution is 2.61. The van der Waals surface area contributed by atoms with Crippen molar-refractivity contribution in [1.29, 1.82) is 0 Å². The monoisotopic (exact) mass is 408 g/mol.